The van der Waals surface area contributed by atoms with Crippen molar-refractivity contribution in [3.8, 4) is 17.6 Å². The Morgan fingerprint density at radius 2 is 1.67 bits per heavy atom. The van der Waals surface area contributed by atoms with Gasteiger partial charge in [0.2, 0.25) is 0 Å². The number of benzene rings is 3. The summed E-state index contributed by atoms with van der Waals surface area (Å²) in [5, 5.41) is 13.3. The zero-order valence-electron chi connectivity index (χ0n) is 17.6. The molecule has 0 fully saturated rings. The molecular formula is C25H19Cl3N2O3. The molecule has 0 aliphatic heterocycles. The van der Waals surface area contributed by atoms with Crippen molar-refractivity contribution in [1.29, 1.82) is 5.26 Å². The van der Waals surface area contributed by atoms with Gasteiger partial charge in [0.15, 0.2) is 11.5 Å². The standard InChI is InChI=1S/C25H19Cl3N2O3/c1-2-32-23-13-16(10-11-22(23)33-15-17-6-3-4-7-19(17)26)12-18(14-29)25(31)30-24-20(27)8-5-9-21(24)28/h3-13H,2,15H2,1H3,(H,30,31)/b18-12+. The van der Waals surface area contributed by atoms with E-state index in [0.717, 1.165) is 5.56 Å². The van der Waals surface area contributed by atoms with Crippen LogP contribution in [0.15, 0.2) is 66.2 Å². The van der Waals surface area contributed by atoms with Crippen LogP contribution >= 0.6 is 34.8 Å². The van der Waals surface area contributed by atoms with Crippen molar-refractivity contribution in [2.24, 2.45) is 0 Å². The number of nitrogens with one attached hydrogen (secondary N) is 1. The van der Waals surface area contributed by atoms with Crippen molar-refractivity contribution in [2.75, 3.05) is 11.9 Å². The van der Waals surface area contributed by atoms with E-state index in [1.54, 1.807) is 42.5 Å². The van der Waals surface area contributed by atoms with Crippen molar-refractivity contribution >= 4 is 52.5 Å². The molecule has 0 aliphatic carbocycles. The van der Waals surface area contributed by atoms with Crippen LogP contribution in [0.4, 0.5) is 5.69 Å². The van der Waals surface area contributed by atoms with Crippen molar-refractivity contribution in [3.05, 3.63) is 92.4 Å². The van der Waals surface area contributed by atoms with Crippen LogP contribution in [-0.2, 0) is 11.4 Å². The minimum absolute atomic E-state index is 0.127. The molecule has 0 heterocycles. The molecule has 0 unspecified atom stereocenters. The van der Waals surface area contributed by atoms with E-state index in [1.165, 1.54) is 6.08 Å². The highest BCUT2D eigenvalue weighted by Gasteiger charge is 2.15. The van der Waals surface area contributed by atoms with Gasteiger partial charge in [0, 0.05) is 10.6 Å². The summed E-state index contributed by atoms with van der Waals surface area (Å²) in [4.78, 5) is 12.6. The Morgan fingerprint density at radius 1 is 0.970 bits per heavy atom. The lowest BCUT2D eigenvalue weighted by Gasteiger charge is -2.13. The number of hydrogen-bond donors (Lipinski definition) is 1. The van der Waals surface area contributed by atoms with Crippen LogP contribution in [0.2, 0.25) is 15.1 Å². The highest BCUT2D eigenvalue weighted by atomic mass is 35.5. The van der Waals surface area contributed by atoms with Crippen LogP contribution in [0.3, 0.4) is 0 Å². The molecule has 0 saturated carbocycles. The Balaban J connectivity index is 1.82. The number of rotatable bonds is 8. The van der Waals surface area contributed by atoms with Crippen molar-refractivity contribution < 1.29 is 14.3 Å². The third-order valence-electron chi connectivity index (χ3n) is 4.49. The van der Waals surface area contributed by atoms with E-state index in [-0.39, 0.29) is 27.9 Å². The monoisotopic (exact) mass is 500 g/mol. The number of carbonyl (C=O) groups excluding carboxylic acids is 1. The molecule has 0 aliphatic rings. The van der Waals surface area contributed by atoms with Gasteiger partial charge in [-0.1, -0.05) is 65.1 Å². The Bertz CT molecular complexity index is 1220. The van der Waals surface area contributed by atoms with Gasteiger partial charge in [-0.15, -0.1) is 0 Å². The first-order chi connectivity index (χ1) is 15.9. The van der Waals surface area contributed by atoms with Gasteiger partial charge in [0.25, 0.3) is 5.91 Å². The zero-order chi connectivity index (χ0) is 23.8. The molecule has 33 heavy (non-hydrogen) atoms. The van der Waals surface area contributed by atoms with E-state index in [4.69, 9.17) is 44.3 Å². The van der Waals surface area contributed by atoms with Gasteiger partial charge in [-0.05, 0) is 48.9 Å². The number of halogens is 3. The van der Waals surface area contributed by atoms with Crippen LogP contribution in [0.1, 0.15) is 18.1 Å². The van der Waals surface area contributed by atoms with Crippen LogP contribution in [0.5, 0.6) is 11.5 Å². The van der Waals surface area contributed by atoms with Crippen LogP contribution in [-0.4, -0.2) is 12.5 Å². The van der Waals surface area contributed by atoms with Crippen LogP contribution in [0.25, 0.3) is 6.08 Å². The maximum atomic E-state index is 12.6. The summed E-state index contributed by atoms with van der Waals surface area (Å²) in [5.74, 6) is 0.356. The summed E-state index contributed by atoms with van der Waals surface area (Å²) >= 11 is 18.4. The number of nitriles is 1. The fourth-order valence-corrected chi connectivity index (χ4v) is 3.57. The summed E-state index contributed by atoms with van der Waals surface area (Å²) in [6, 6.07) is 19.3. The van der Waals surface area contributed by atoms with E-state index in [9.17, 15) is 10.1 Å². The second-order valence-electron chi connectivity index (χ2n) is 6.74. The summed E-state index contributed by atoms with van der Waals surface area (Å²) in [6.45, 7) is 2.52. The predicted molar refractivity (Wildman–Crippen MR) is 132 cm³/mol. The highest BCUT2D eigenvalue weighted by Crippen LogP contribution is 2.32. The molecule has 0 atom stereocenters. The second kappa shape index (κ2) is 11.6. The van der Waals surface area contributed by atoms with Gasteiger partial charge >= 0.3 is 0 Å². The molecule has 1 amide bonds. The molecule has 5 nitrogen and oxygen atoms in total. The molecular weight excluding hydrogens is 483 g/mol. The average Bonchev–Trinajstić information content (AvgIpc) is 2.80. The number of para-hydroxylation sites is 1. The molecule has 3 aromatic rings. The number of nitrogens with zero attached hydrogens (tertiary/aromatic N) is 1. The van der Waals surface area contributed by atoms with Crippen LogP contribution in [0, 0.1) is 11.3 Å². The molecule has 0 spiro atoms. The van der Waals surface area contributed by atoms with Gasteiger partial charge in [0.1, 0.15) is 18.2 Å². The largest absolute Gasteiger partial charge is 0.490 e. The summed E-state index contributed by atoms with van der Waals surface area (Å²) in [5.41, 5.74) is 1.54. The summed E-state index contributed by atoms with van der Waals surface area (Å²) in [6.07, 6.45) is 1.44. The quantitative estimate of drug-likeness (QED) is 0.262. The molecule has 0 aromatic heterocycles. The smallest absolute Gasteiger partial charge is 0.266 e. The first-order valence-corrected chi connectivity index (χ1v) is 11.1. The third-order valence-corrected chi connectivity index (χ3v) is 5.48. The fourth-order valence-electron chi connectivity index (χ4n) is 2.89. The average molecular weight is 502 g/mol. The molecule has 8 heteroatoms. The molecule has 3 aromatic carbocycles. The maximum absolute atomic E-state index is 12.6. The second-order valence-corrected chi connectivity index (χ2v) is 7.96. The number of amides is 1. The lowest BCUT2D eigenvalue weighted by molar-refractivity contribution is -0.112. The Hall–Kier alpha value is -3.17. The van der Waals surface area contributed by atoms with Crippen molar-refractivity contribution in [3.63, 3.8) is 0 Å². The van der Waals surface area contributed by atoms with Gasteiger partial charge < -0.3 is 14.8 Å². The van der Waals surface area contributed by atoms with E-state index >= 15 is 0 Å². The number of hydrogen-bond acceptors (Lipinski definition) is 4. The van der Waals surface area contributed by atoms with Crippen LogP contribution < -0.4 is 14.8 Å². The molecule has 1 N–H and O–H groups in total. The summed E-state index contributed by atoms with van der Waals surface area (Å²) in [7, 11) is 0. The first-order valence-electron chi connectivity index (χ1n) is 9.93. The third kappa shape index (κ3) is 6.43. The predicted octanol–water partition coefficient (Wildman–Crippen LogP) is 7.17. The van der Waals surface area contributed by atoms with E-state index in [0.29, 0.717) is 28.7 Å². The van der Waals surface area contributed by atoms with Gasteiger partial charge in [-0.2, -0.15) is 5.26 Å². The molecule has 168 valence electrons. The molecule has 0 radical (unpaired) electrons. The van der Waals surface area contributed by atoms with E-state index in [1.807, 2.05) is 31.2 Å². The Morgan fingerprint density at radius 3 is 2.33 bits per heavy atom. The molecule has 0 saturated heterocycles. The lowest BCUT2D eigenvalue weighted by atomic mass is 10.1. The normalized spacial score (nSPS) is 10.9. The van der Waals surface area contributed by atoms with Crippen molar-refractivity contribution in [2.45, 2.75) is 13.5 Å². The van der Waals surface area contributed by atoms with Crippen molar-refractivity contribution in [1.82, 2.24) is 0 Å². The topological polar surface area (TPSA) is 71.3 Å². The van der Waals surface area contributed by atoms with E-state index in [2.05, 4.69) is 5.32 Å². The Kier molecular flexibility index (Phi) is 8.62. The number of carbonyl (C=O) groups is 1. The maximum Gasteiger partial charge on any atom is 0.266 e. The molecule has 0 bridgehead atoms. The van der Waals surface area contributed by atoms with E-state index < -0.39 is 5.91 Å². The SMILES string of the molecule is CCOc1cc(/C=C(\C#N)C(=O)Nc2c(Cl)cccc2Cl)ccc1OCc1ccccc1Cl. The summed E-state index contributed by atoms with van der Waals surface area (Å²) < 4.78 is 11.6. The van der Waals surface area contributed by atoms with Gasteiger partial charge in [-0.3, -0.25) is 4.79 Å². The fraction of sp³-hybridized carbons (Fsp3) is 0.120. The number of anilines is 1. The first kappa shape index (κ1) is 24.5. The van der Waals surface area contributed by atoms with Gasteiger partial charge in [0.05, 0.1) is 22.3 Å². The molecule has 3 rings (SSSR count). The lowest BCUT2D eigenvalue weighted by Crippen LogP contribution is -2.14. The minimum atomic E-state index is -0.635. The highest BCUT2D eigenvalue weighted by molar-refractivity contribution is 6.40. The van der Waals surface area contributed by atoms with Gasteiger partial charge in [-0.25, -0.2) is 0 Å². The minimum Gasteiger partial charge on any atom is -0.490 e. The Labute approximate surface area is 207 Å². The zero-order valence-corrected chi connectivity index (χ0v) is 19.8. The number of ether oxygens (including phenoxy) is 2.